The molecule has 5 rings (SSSR count). The molecule has 37 heavy (non-hydrogen) atoms. The van der Waals surface area contributed by atoms with Crippen LogP contribution in [0.1, 0.15) is 55.2 Å². The molecule has 2 aromatic carbocycles. The number of pyridine rings is 1. The Morgan fingerprint density at radius 1 is 0.838 bits per heavy atom. The fourth-order valence-corrected chi connectivity index (χ4v) is 5.40. The van der Waals surface area contributed by atoms with E-state index in [2.05, 4.69) is 20.1 Å². The lowest BCUT2D eigenvalue weighted by atomic mass is 10.0. The zero-order valence-electron chi connectivity index (χ0n) is 20.8. The highest BCUT2D eigenvalue weighted by molar-refractivity contribution is 5.93. The summed E-state index contributed by atoms with van der Waals surface area (Å²) >= 11 is 0. The van der Waals surface area contributed by atoms with Crippen molar-refractivity contribution in [1.82, 2.24) is 14.8 Å². The van der Waals surface area contributed by atoms with Crippen LogP contribution < -0.4 is 5.32 Å². The number of fused-ring (bicyclic) bond motifs is 1. The van der Waals surface area contributed by atoms with Crippen LogP contribution in [0.2, 0.25) is 0 Å². The van der Waals surface area contributed by atoms with Crippen molar-refractivity contribution < 1.29 is 22.7 Å². The molecule has 1 aromatic heterocycles. The first-order valence-corrected chi connectivity index (χ1v) is 13.0. The van der Waals surface area contributed by atoms with Gasteiger partial charge in [-0.2, -0.15) is 13.2 Å². The van der Waals surface area contributed by atoms with E-state index in [1.165, 1.54) is 18.7 Å². The Balaban J connectivity index is 1.52. The van der Waals surface area contributed by atoms with Crippen LogP contribution in [0.5, 0.6) is 5.75 Å². The lowest BCUT2D eigenvalue weighted by Crippen LogP contribution is -2.30. The topological polar surface area (TPSA) is 51.6 Å². The van der Waals surface area contributed by atoms with Crippen molar-refractivity contribution in [3.05, 3.63) is 59.0 Å². The third kappa shape index (κ3) is 5.83. The van der Waals surface area contributed by atoms with E-state index in [4.69, 9.17) is 0 Å². The van der Waals surface area contributed by atoms with Crippen LogP contribution in [-0.2, 0) is 19.3 Å². The van der Waals surface area contributed by atoms with Gasteiger partial charge in [-0.25, -0.2) is 4.39 Å². The van der Waals surface area contributed by atoms with Crippen molar-refractivity contribution in [3.63, 3.8) is 0 Å². The van der Waals surface area contributed by atoms with E-state index in [1.807, 2.05) is 0 Å². The first kappa shape index (κ1) is 25.7. The molecule has 9 heteroatoms. The number of benzene rings is 2. The van der Waals surface area contributed by atoms with Gasteiger partial charge in [0.1, 0.15) is 5.75 Å². The molecular weight excluding hydrogens is 484 g/mol. The molecule has 0 spiro atoms. The number of aromatic nitrogens is 1. The van der Waals surface area contributed by atoms with Crippen LogP contribution in [0.4, 0.5) is 28.9 Å². The number of likely N-dealkylation sites (tertiary alicyclic amines) is 2. The summed E-state index contributed by atoms with van der Waals surface area (Å²) in [4.78, 5) is 8.53. The summed E-state index contributed by atoms with van der Waals surface area (Å²) in [5, 5.41) is 14.7. The number of phenols is 1. The molecule has 2 fully saturated rings. The largest absolute Gasteiger partial charge is 0.507 e. The second-order valence-electron chi connectivity index (χ2n) is 10.1. The summed E-state index contributed by atoms with van der Waals surface area (Å²) in [5.41, 5.74) is 0.946. The van der Waals surface area contributed by atoms with Crippen LogP contribution in [0.25, 0.3) is 10.9 Å². The molecule has 0 unspecified atom stereocenters. The fraction of sp³-hybridized carbons (Fsp3) is 0.464. The van der Waals surface area contributed by atoms with Crippen LogP contribution in [-0.4, -0.2) is 46.1 Å². The van der Waals surface area contributed by atoms with Crippen molar-refractivity contribution in [1.29, 1.82) is 0 Å². The minimum absolute atomic E-state index is 0.00592. The molecule has 2 saturated heterocycles. The van der Waals surface area contributed by atoms with Crippen molar-refractivity contribution in [2.45, 2.75) is 57.8 Å². The number of nitrogens with one attached hydrogen (secondary N) is 1. The highest BCUT2D eigenvalue weighted by Crippen LogP contribution is 2.37. The molecule has 0 aliphatic carbocycles. The van der Waals surface area contributed by atoms with Gasteiger partial charge >= 0.3 is 6.18 Å². The fourth-order valence-electron chi connectivity index (χ4n) is 5.40. The molecule has 0 radical (unpaired) electrons. The van der Waals surface area contributed by atoms with Gasteiger partial charge in [0.2, 0.25) is 0 Å². The second kappa shape index (κ2) is 10.8. The Labute approximate surface area is 214 Å². The van der Waals surface area contributed by atoms with Crippen molar-refractivity contribution in [3.8, 4) is 5.75 Å². The minimum Gasteiger partial charge on any atom is -0.507 e. The maximum absolute atomic E-state index is 15.9. The van der Waals surface area contributed by atoms with Crippen LogP contribution in [0.15, 0.2) is 36.5 Å². The lowest BCUT2D eigenvalue weighted by Gasteiger charge is -2.29. The molecule has 3 aromatic rings. The van der Waals surface area contributed by atoms with Crippen LogP contribution in [0.3, 0.4) is 0 Å². The SMILES string of the molecule is Oc1c(CN2CCCCC2)cc(Nc2ccnc3cc(C(F)(F)F)ccc23)c(F)c1CN1CCCCC1. The minimum atomic E-state index is -4.48. The smallest absolute Gasteiger partial charge is 0.416 e. The zero-order chi connectivity index (χ0) is 26.0. The van der Waals surface area contributed by atoms with E-state index < -0.39 is 17.6 Å². The molecule has 0 amide bonds. The van der Waals surface area contributed by atoms with Gasteiger partial charge in [-0.1, -0.05) is 18.9 Å². The predicted octanol–water partition coefficient (Wildman–Crippen LogP) is 6.81. The van der Waals surface area contributed by atoms with Crippen LogP contribution in [0, 0.1) is 5.82 Å². The number of hydrogen-bond donors (Lipinski definition) is 2. The molecule has 3 heterocycles. The molecule has 2 aliphatic rings. The Hall–Kier alpha value is -2.91. The average Bonchev–Trinajstić information content (AvgIpc) is 2.90. The van der Waals surface area contributed by atoms with Gasteiger partial charge in [-0.3, -0.25) is 14.8 Å². The number of aromatic hydroxyl groups is 1. The summed E-state index contributed by atoms with van der Waals surface area (Å²) in [7, 11) is 0. The molecule has 2 aliphatic heterocycles. The highest BCUT2D eigenvalue weighted by atomic mass is 19.4. The van der Waals surface area contributed by atoms with Gasteiger partial charge < -0.3 is 10.4 Å². The Bertz CT molecular complexity index is 1250. The number of phenolic OH excluding ortho intramolecular Hbond substituents is 1. The number of anilines is 2. The summed E-state index contributed by atoms with van der Waals surface area (Å²) < 4.78 is 55.5. The molecule has 5 nitrogen and oxygen atoms in total. The Kier molecular flexibility index (Phi) is 7.53. The highest BCUT2D eigenvalue weighted by Gasteiger charge is 2.31. The van der Waals surface area contributed by atoms with Crippen molar-refractivity contribution in [2.75, 3.05) is 31.5 Å². The second-order valence-corrected chi connectivity index (χ2v) is 10.1. The third-order valence-electron chi connectivity index (χ3n) is 7.42. The third-order valence-corrected chi connectivity index (χ3v) is 7.42. The number of halogens is 4. The first-order valence-electron chi connectivity index (χ1n) is 13.0. The monoisotopic (exact) mass is 516 g/mol. The molecule has 0 bridgehead atoms. The molecule has 0 saturated carbocycles. The number of piperidine rings is 2. The van der Waals surface area contributed by atoms with E-state index >= 15 is 4.39 Å². The van der Waals surface area contributed by atoms with Gasteiger partial charge in [0.05, 0.1) is 16.8 Å². The van der Waals surface area contributed by atoms with E-state index in [1.54, 1.807) is 12.1 Å². The molecular formula is C28H32F4N4O. The van der Waals surface area contributed by atoms with Crippen molar-refractivity contribution in [2.24, 2.45) is 0 Å². The van der Waals surface area contributed by atoms with Crippen molar-refractivity contribution >= 4 is 22.3 Å². The van der Waals surface area contributed by atoms with Crippen LogP contribution >= 0.6 is 0 Å². The zero-order valence-corrected chi connectivity index (χ0v) is 20.8. The first-order chi connectivity index (χ1) is 17.8. The van der Waals surface area contributed by atoms with E-state index in [0.29, 0.717) is 29.7 Å². The Morgan fingerprint density at radius 3 is 2.14 bits per heavy atom. The summed E-state index contributed by atoms with van der Waals surface area (Å²) in [6.45, 7) is 4.39. The number of rotatable bonds is 6. The van der Waals surface area contributed by atoms with Gasteiger partial charge in [0, 0.05) is 41.5 Å². The number of nitrogens with zero attached hydrogens (tertiary/aromatic N) is 3. The van der Waals surface area contributed by atoms with Gasteiger partial charge in [0.15, 0.2) is 5.82 Å². The predicted molar refractivity (Wildman–Crippen MR) is 136 cm³/mol. The normalized spacial score (nSPS) is 17.8. The summed E-state index contributed by atoms with van der Waals surface area (Å²) in [5.74, 6) is -0.545. The average molecular weight is 517 g/mol. The van der Waals surface area contributed by atoms with E-state index in [9.17, 15) is 18.3 Å². The van der Waals surface area contributed by atoms with Gasteiger partial charge in [-0.05, 0) is 76.1 Å². The quantitative estimate of drug-likeness (QED) is 0.278. The van der Waals surface area contributed by atoms with Gasteiger partial charge in [-0.15, -0.1) is 0 Å². The number of alkyl halides is 3. The maximum Gasteiger partial charge on any atom is 0.416 e. The Morgan fingerprint density at radius 2 is 1.49 bits per heavy atom. The van der Waals surface area contributed by atoms with E-state index in [-0.39, 0.29) is 22.5 Å². The molecule has 0 atom stereocenters. The van der Waals surface area contributed by atoms with E-state index in [0.717, 1.165) is 70.4 Å². The molecule has 2 N–H and O–H groups in total. The molecule has 198 valence electrons. The summed E-state index contributed by atoms with van der Waals surface area (Å²) in [6, 6.07) is 6.62. The summed E-state index contributed by atoms with van der Waals surface area (Å²) in [6.07, 6.45) is 3.55. The number of hydrogen-bond acceptors (Lipinski definition) is 5. The lowest BCUT2D eigenvalue weighted by molar-refractivity contribution is -0.137. The standard InChI is InChI=1S/C28H32F4N4O/c29-26-22(18-36-13-5-2-6-14-36)27(37)19(17-35-11-3-1-4-12-35)15-25(26)34-23-9-10-33-24-16-20(28(30,31)32)7-8-21(23)24/h7-10,15-16,37H,1-6,11-14,17-18H2,(H,33,34). The van der Waals surface area contributed by atoms with Gasteiger partial charge in [0.25, 0.3) is 0 Å². The maximum atomic E-state index is 15.9.